The third-order valence-corrected chi connectivity index (χ3v) is 4.05. The zero-order valence-electron chi connectivity index (χ0n) is 7.45. The Kier molecular flexibility index (Phi) is 2.24. The highest BCUT2D eigenvalue weighted by molar-refractivity contribution is 7.53. The third-order valence-electron chi connectivity index (χ3n) is 2.61. The van der Waals surface area contributed by atoms with Crippen LogP contribution < -0.4 is 5.73 Å². The van der Waals surface area contributed by atoms with E-state index in [2.05, 4.69) is 0 Å². The number of rotatable bonds is 2. The molecule has 1 saturated carbocycles. The average molecular weight is 213 g/mol. The van der Waals surface area contributed by atoms with Gasteiger partial charge in [-0.15, -0.1) is 0 Å². The first-order chi connectivity index (χ1) is 6.52. The average Bonchev–Trinajstić information content (AvgIpc) is 2.78. The van der Waals surface area contributed by atoms with Crippen molar-refractivity contribution in [3.8, 4) is 0 Å². The molecule has 1 aromatic carbocycles. The van der Waals surface area contributed by atoms with Crippen molar-refractivity contribution in [1.29, 1.82) is 0 Å². The Morgan fingerprint density at radius 2 is 1.79 bits per heavy atom. The molecule has 76 valence electrons. The summed E-state index contributed by atoms with van der Waals surface area (Å²) in [5.41, 5.74) is 5.86. The van der Waals surface area contributed by atoms with Gasteiger partial charge in [0.25, 0.3) is 0 Å². The maximum Gasteiger partial charge on any atom is 0.330 e. The molecule has 1 aromatic rings. The lowest BCUT2D eigenvalue weighted by molar-refractivity contribution is 0.370. The molecule has 14 heavy (non-hydrogen) atoms. The van der Waals surface area contributed by atoms with E-state index in [1.54, 1.807) is 0 Å². The topological polar surface area (TPSA) is 83.6 Å². The smallest absolute Gasteiger partial charge is 0.326 e. The maximum absolute atomic E-state index is 11.0. The van der Waals surface area contributed by atoms with E-state index in [4.69, 9.17) is 15.5 Å². The highest BCUT2D eigenvalue weighted by Crippen LogP contribution is 2.61. The molecule has 2 rings (SSSR count). The molecule has 0 bridgehead atoms. The SMILES string of the molecule is N[C@H]1[C@H](c2ccccc2)[C@@H]1P(=O)(O)O. The Labute approximate surface area is 81.9 Å². The van der Waals surface area contributed by atoms with Gasteiger partial charge in [-0.25, -0.2) is 0 Å². The van der Waals surface area contributed by atoms with Gasteiger partial charge < -0.3 is 15.5 Å². The second-order valence-corrected chi connectivity index (χ2v) is 5.37. The molecule has 1 fully saturated rings. The molecule has 4 N–H and O–H groups in total. The van der Waals surface area contributed by atoms with Crippen LogP contribution in [0.2, 0.25) is 0 Å². The Morgan fingerprint density at radius 3 is 2.21 bits per heavy atom. The maximum atomic E-state index is 11.0. The Morgan fingerprint density at radius 1 is 1.21 bits per heavy atom. The molecule has 0 saturated heterocycles. The van der Waals surface area contributed by atoms with Gasteiger partial charge in [0, 0.05) is 12.0 Å². The van der Waals surface area contributed by atoms with Crippen LogP contribution in [0.15, 0.2) is 30.3 Å². The van der Waals surface area contributed by atoms with Gasteiger partial charge in [0.1, 0.15) is 0 Å². The molecule has 0 aromatic heterocycles. The summed E-state index contributed by atoms with van der Waals surface area (Å²) in [4.78, 5) is 18.0. The zero-order chi connectivity index (χ0) is 10.3. The second kappa shape index (κ2) is 3.17. The molecule has 0 amide bonds. The van der Waals surface area contributed by atoms with Crippen LogP contribution in [0, 0.1) is 0 Å². The lowest BCUT2D eigenvalue weighted by atomic mass is 10.1. The summed E-state index contributed by atoms with van der Waals surface area (Å²) in [7, 11) is -4.03. The Hall–Kier alpha value is -0.670. The van der Waals surface area contributed by atoms with Gasteiger partial charge in [-0.3, -0.25) is 4.57 Å². The molecule has 5 heteroatoms. The largest absolute Gasteiger partial charge is 0.330 e. The van der Waals surface area contributed by atoms with E-state index in [0.29, 0.717) is 0 Å². The predicted octanol–water partition coefficient (Wildman–Crippen LogP) is 0.657. The highest BCUT2D eigenvalue weighted by atomic mass is 31.2. The molecule has 0 aliphatic heterocycles. The first kappa shape index (κ1) is 9.87. The first-order valence-electron chi connectivity index (χ1n) is 4.37. The van der Waals surface area contributed by atoms with Crippen molar-refractivity contribution in [3.63, 3.8) is 0 Å². The van der Waals surface area contributed by atoms with Crippen molar-refractivity contribution >= 4 is 7.60 Å². The van der Waals surface area contributed by atoms with E-state index >= 15 is 0 Å². The van der Waals surface area contributed by atoms with Crippen LogP contribution in [0.1, 0.15) is 11.5 Å². The quantitative estimate of drug-likeness (QED) is 0.630. The van der Waals surface area contributed by atoms with Crippen molar-refractivity contribution < 1.29 is 14.4 Å². The van der Waals surface area contributed by atoms with Crippen LogP contribution in [-0.2, 0) is 4.57 Å². The third kappa shape index (κ3) is 1.62. The van der Waals surface area contributed by atoms with Crippen molar-refractivity contribution in [1.82, 2.24) is 0 Å². The fourth-order valence-corrected chi connectivity index (χ4v) is 3.17. The minimum atomic E-state index is -4.03. The standard InChI is InChI=1S/C9H12NO3P/c10-8-7(9(8)14(11,12)13)6-4-2-1-3-5-6/h1-5,7-9H,10H2,(H2,11,12,13)/t7-,8-,9-/m0/s1. The fraction of sp³-hybridized carbons (Fsp3) is 0.333. The van der Waals surface area contributed by atoms with E-state index < -0.39 is 19.3 Å². The Bertz CT molecular complexity index is 375. The van der Waals surface area contributed by atoms with Crippen molar-refractivity contribution in [2.24, 2.45) is 5.73 Å². The molecule has 0 unspecified atom stereocenters. The van der Waals surface area contributed by atoms with Crippen LogP contribution >= 0.6 is 7.60 Å². The normalized spacial score (nSPS) is 31.5. The van der Waals surface area contributed by atoms with E-state index in [1.807, 2.05) is 30.3 Å². The number of benzene rings is 1. The van der Waals surface area contributed by atoms with Gasteiger partial charge >= 0.3 is 7.60 Å². The van der Waals surface area contributed by atoms with Crippen molar-refractivity contribution in [3.05, 3.63) is 35.9 Å². The Balaban J connectivity index is 2.22. The van der Waals surface area contributed by atoms with E-state index in [0.717, 1.165) is 5.56 Å². The van der Waals surface area contributed by atoms with Crippen LogP contribution in [-0.4, -0.2) is 21.5 Å². The van der Waals surface area contributed by atoms with Crippen LogP contribution in [0.25, 0.3) is 0 Å². The van der Waals surface area contributed by atoms with Gasteiger partial charge in [-0.2, -0.15) is 0 Å². The fourth-order valence-electron chi connectivity index (χ4n) is 1.85. The predicted molar refractivity (Wildman–Crippen MR) is 53.0 cm³/mol. The lowest BCUT2D eigenvalue weighted by Gasteiger charge is -2.01. The van der Waals surface area contributed by atoms with E-state index in [1.165, 1.54) is 0 Å². The molecule has 4 nitrogen and oxygen atoms in total. The summed E-state index contributed by atoms with van der Waals surface area (Å²) in [6, 6.07) is 8.84. The van der Waals surface area contributed by atoms with E-state index in [-0.39, 0.29) is 5.92 Å². The monoisotopic (exact) mass is 213 g/mol. The summed E-state index contributed by atoms with van der Waals surface area (Å²) in [5.74, 6) is -0.183. The number of hydrogen-bond donors (Lipinski definition) is 3. The molecule has 1 aliphatic rings. The second-order valence-electron chi connectivity index (χ2n) is 3.59. The van der Waals surface area contributed by atoms with Gasteiger partial charge in [-0.1, -0.05) is 30.3 Å². The molecule has 0 spiro atoms. The summed E-state index contributed by atoms with van der Waals surface area (Å²) >= 11 is 0. The minimum Gasteiger partial charge on any atom is -0.326 e. The summed E-state index contributed by atoms with van der Waals surface area (Å²) in [5, 5.41) is 0. The van der Waals surface area contributed by atoms with Crippen LogP contribution in [0.3, 0.4) is 0 Å². The highest BCUT2D eigenvalue weighted by Gasteiger charge is 2.58. The molecule has 1 aliphatic carbocycles. The molecule has 3 atom stereocenters. The molecule has 0 heterocycles. The molecule has 0 radical (unpaired) electrons. The summed E-state index contributed by atoms with van der Waals surface area (Å²) in [6.45, 7) is 0. The summed E-state index contributed by atoms with van der Waals surface area (Å²) in [6.07, 6.45) is 0. The van der Waals surface area contributed by atoms with Crippen molar-refractivity contribution in [2.75, 3.05) is 0 Å². The van der Waals surface area contributed by atoms with Gasteiger partial charge in [-0.05, 0) is 5.56 Å². The van der Waals surface area contributed by atoms with Gasteiger partial charge in [0.05, 0.1) is 5.66 Å². The van der Waals surface area contributed by atoms with Crippen molar-refractivity contribution in [2.45, 2.75) is 17.6 Å². The van der Waals surface area contributed by atoms with Gasteiger partial charge in [0.15, 0.2) is 0 Å². The van der Waals surface area contributed by atoms with Crippen LogP contribution in [0.5, 0.6) is 0 Å². The molecular weight excluding hydrogens is 201 g/mol. The van der Waals surface area contributed by atoms with E-state index in [9.17, 15) is 4.57 Å². The number of hydrogen-bond acceptors (Lipinski definition) is 2. The number of nitrogens with two attached hydrogens (primary N) is 1. The molecular formula is C9H12NO3P. The first-order valence-corrected chi connectivity index (χ1v) is 6.06. The lowest BCUT2D eigenvalue weighted by Crippen LogP contribution is -2.05. The van der Waals surface area contributed by atoms with Gasteiger partial charge in [0.2, 0.25) is 0 Å². The van der Waals surface area contributed by atoms with Crippen LogP contribution in [0.4, 0.5) is 0 Å². The summed E-state index contributed by atoms with van der Waals surface area (Å²) < 4.78 is 11.0. The minimum absolute atomic E-state index is 0.183. The zero-order valence-corrected chi connectivity index (χ0v) is 8.34.